The van der Waals surface area contributed by atoms with Gasteiger partial charge in [-0.1, -0.05) is 11.6 Å². The van der Waals surface area contributed by atoms with Crippen LogP contribution in [0.2, 0.25) is 5.02 Å². The molecule has 1 N–H and O–H groups in total. The number of hydrogen-bond donors (Lipinski definition) is 1. The lowest BCUT2D eigenvalue weighted by Gasteiger charge is -2.07. The number of nitriles is 1. The molecule has 0 spiro atoms. The molecule has 3 nitrogen and oxygen atoms in total. The van der Waals surface area contributed by atoms with Gasteiger partial charge in [0.15, 0.2) is 0 Å². The Kier molecular flexibility index (Phi) is 3.97. The standard InChI is InChI=1S/C12H10ClN3S/c13-10-2-1-9(6-14)12(5-10)15-4-3-11-7-17-8-16-11/h1-2,5,7-8,15H,3-4H2. The first kappa shape index (κ1) is 11.9. The first-order chi connectivity index (χ1) is 8.29. The highest BCUT2D eigenvalue weighted by atomic mass is 35.5. The van der Waals surface area contributed by atoms with Crippen LogP contribution in [0.5, 0.6) is 0 Å². The fourth-order valence-corrected chi connectivity index (χ4v) is 2.21. The highest BCUT2D eigenvalue weighted by molar-refractivity contribution is 7.07. The van der Waals surface area contributed by atoms with E-state index in [1.54, 1.807) is 29.5 Å². The van der Waals surface area contributed by atoms with Crippen molar-refractivity contribution in [3.05, 3.63) is 45.4 Å². The Labute approximate surface area is 109 Å². The molecule has 17 heavy (non-hydrogen) atoms. The number of halogens is 1. The van der Waals surface area contributed by atoms with Crippen LogP contribution in [0.15, 0.2) is 29.1 Å². The highest BCUT2D eigenvalue weighted by Crippen LogP contribution is 2.20. The molecule has 0 atom stereocenters. The second-order valence-electron chi connectivity index (χ2n) is 3.46. The monoisotopic (exact) mass is 263 g/mol. The van der Waals surface area contributed by atoms with Crippen LogP contribution in [0.3, 0.4) is 0 Å². The number of benzene rings is 1. The van der Waals surface area contributed by atoms with E-state index in [4.69, 9.17) is 16.9 Å². The summed E-state index contributed by atoms with van der Waals surface area (Å²) >= 11 is 7.48. The van der Waals surface area contributed by atoms with Crippen LogP contribution in [-0.2, 0) is 6.42 Å². The van der Waals surface area contributed by atoms with E-state index in [0.29, 0.717) is 10.6 Å². The maximum Gasteiger partial charge on any atom is 0.101 e. The second kappa shape index (κ2) is 5.67. The van der Waals surface area contributed by atoms with Gasteiger partial charge in [-0.3, -0.25) is 0 Å². The van der Waals surface area contributed by atoms with Gasteiger partial charge in [-0.05, 0) is 18.2 Å². The van der Waals surface area contributed by atoms with E-state index in [0.717, 1.165) is 24.3 Å². The van der Waals surface area contributed by atoms with Gasteiger partial charge in [-0.15, -0.1) is 11.3 Å². The smallest absolute Gasteiger partial charge is 0.101 e. The topological polar surface area (TPSA) is 48.7 Å². The van der Waals surface area contributed by atoms with Crippen LogP contribution >= 0.6 is 22.9 Å². The summed E-state index contributed by atoms with van der Waals surface area (Å²) in [5, 5.41) is 14.8. The minimum Gasteiger partial charge on any atom is -0.384 e. The fourth-order valence-electron chi connectivity index (χ4n) is 1.45. The Bertz CT molecular complexity index is 531. The van der Waals surface area contributed by atoms with Gasteiger partial charge in [-0.25, -0.2) is 4.98 Å². The zero-order chi connectivity index (χ0) is 12.1. The second-order valence-corrected chi connectivity index (χ2v) is 4.61. The summed E-state index contributed by atoms with van der Waals surface area (Å²) in [5.74, 6) is 0. The van der Waals surface area contributed by atoms with Gasteiger partial charge in [0.25, 0.3) is 0 Å². The normalized spacial score (nSPS) is 9.88. The van der Waals surface area contributed by atoms with Crippen molar-refractivity contribution >= 4 is 28.6 Å². The van der Waals surface area contributed by atoms with Crippen molar-refractivity contribution in [2.45, 2.75) is 6.42 Å². The molecule has 0 fully saturated rings. The Morgan fingerprint density at radius 1 is 1.47 bits per heavy atom. The summed E-state index contributed by atoms with van der Waals surface area (Å²) in [6, 6.07) is 7.33. The zero-order valence-corrected chi connectivity index (χ0v) is 10.6. The van der Waals surface area contributed by atoms with E-state index in [-0.39, 0.29) is 0 Å². The molecular formula is C12H10ClN3S. The van der Waals surface area contributed by atoms with Gasteiger partial charge in [0.2, 0.25) is 0 Å². The Morgan fingerprint density at radius 2 is 2.35 bits per heavy atom. The molecule has 1 aromatic carbocycles. The number of nitrogens with zero attached hydrogens (tertiary/aromatic N) is 2. The molecule has 86 valence electrons. The van der Waals surface area contributed by atoms with E-state index in [1.165, 1.54) is 0 Å². The fraction of sp³-hybridized carbons (Fsp3) is 0.167. The highest BCUT2D eigenvalue weighted by Gasteiger charge is 2.02. The lowest BCUT2D eigenvalue weighted by Crippen LogP contribution is -2.06. The van der Waals surface area contributed by atoms with Crippen LogP contribution in [0.1, 0.15) is 11.3 Å². The van der Waals surface area contributed by atoms with Crippen LogP contribution < -0.4 is 5.32 Å². The molecule has 2 aromatic rings. The number of aromatic nitrogens is 1. The van der Waals surface area contributed by atoms with Gasteiger partial charge in [0.1, 0.15) is 6.07 Å². The van der Waals surface area contributed by atoms with E-state index < -0.39 is 0 Å². The van der Waals surface area contributed by atoms with E-state index in [9.17, 15) is 0 Å². The van der Waals surface area contributed by atoms with Crippen LogP contribution in [0.4, 0.5) is 5.69 Å². The molecular weight excluding hydrogens is 254 g/mol. The number of nitrogens with one attached hydrogen (secondary N) is 1. The minimum absolute atomic E-state index is 0.604. The third kappa shape index (κ3) is 3.19. The SMILES string of the molecule is N#Cc1ccc(Cl)cc1NCCc1cscn1. The molecule has 0 amide bonds. The lowest BCUT2D eigenvalue weighted by molar-refractivity contribution is 0.976. The summed E-state index contributed by atoms with van der Waals surface area (Å²) in [5.41, 5.74) is 4.25. The average Bonchev–Trinajstić information content (AvgIpc) is 2.82. The molecule has 0 saturated carbocycles. The first-order valence-electron chi connectivity index (χ1n) is 5.10. The lowest BCUT2D eigenvalue weighted by atomic mass is 10.2. The van der Waals surface area contributed by atoms with Crippen LogP contribution in [0.25, 0.3) is 0 Å². The molecule has 0 saturated heterocycles. The molecule has 2 rings (SSSR count). The maximum atomic E-state index is 8.95. The Balaban J connectivity index is 1.99. The molecule has 0 unspecified atom stereocenters. The molecule has 0 radical (unpaired) electrons. The summed E-state index contributed by atoms with van der Waals surface area (Å²) < 4.78 is 0. The van der Waals surface area contributed by atoms with Gasteiger partial charge in [-0.2, -0.15) is 5.26 Å². The third-order valence-electron chi connectivity index (χ3n) is 2.28. The molecule has 0 bridgehead atoms. The van der Waals surface area contributed by atoms with Gasteiger partial charge < -0.3 is 5.32 Å². The number of hydrogen-bond acceptors (Lipinski definition) is 4. The van der Waals surface area contributed by atoms with Crippen molar-refractivity contribution in [3.63, 3.8) is 0 Å². The van der Waals surface area contributed by atoms with Gasteiger partial charge in [0, 0.05) is 23.4 Å². The summed E-state index contributed by atoms with van der Waals surface area (Å²) in [6.07, 6.45) is 0.834. The number of anilines is 1. The van der Waals surface area contributed by atoms with Crippen LogP contribution in [-0.4, -0.2) is 11.5 Å². The maximum absolute atomic E-state index is 8.95. The first-order valence-corrected chi connectivity index (χ1v) is 6.42. The van der Waals surface area contributed by atoms with Crippen molar-refractivity contribution in [1.29, 1.82) is 5.26 Å². The molecule has 1 aromatic heterocycles. The molecule has 0 aliphatic rings. The Morgan fingerprint density at radius 3 is 3.06 bits per heavy atom. The quantitative estimate of drug-likeness (QED) is 0.921. The van der Waals surface area contributed by atoms with E-state index in [2.05, 4.69) is 16.4 Å². The van der Waals surface area contributed by atoms with E-state index >= 15 is 0 Å². The van der Waals surface area contributed by atoms with Crippen molar-refractivity contribution in [3.8, 4) is 6.07 Å². The van der Waals surface area contributed by atoms with Crippen molar-refractivity contribution < 1.29 is 0 Å². The summed E-state index contributed by atoms with van der Waals surface area (Å²) in [4.78, 5) is 4.20. The number of rotatable bonds is 4. The van der Waals surface area contributed by atoms with E-state index in [1.807, 2.05) is 10.9 Å². The molecule has 1 heterocycles. The molecule has 5 heteroatoms. The van der Waals surface area contributed by atoms with Crippen LogP contribution in [0, 0.1) is 11.3 Å². The summed E-state index contributed by atoms with van der Waals surface area (Å²) in [6.45, 7) is 0.735. The van der Waals surface area contributed by atoms with Crippen molar-refractivity contribution in [1.82, 2.24) is 4.98 Å². The predicted octanol–water partition coefficient (Wildman–Crippen LogP) is 3.32. The average molecular weight is 264 g/mol. The van der Waals surface area contributed by atoms with Crippen molar-refractivity contribution in [2.75, 3.05) is 11.9 Å². The minimum atomic E-state index is 0.604. The van der Waals surface area contributed by atoms with Gasteiger partial charge >= 0.3 is 0 Å². The molecule has 0 aliphatic carbocycles. The van der Waals surface area contributed by atoms with Crippen molar-refractivity contribution in [2.24, 2.45) is 0 Å². The Hall–Kier alpha value is -1.57. The third-order valence-corrected chi connectivity index (χ3v) is 3.15. The predicted molar refractivity (Wildman–Crippen MR) is 70.5 cm³/mol. The largest absolute Gasteiger partial charge is 0.384 e. The number of thiazole rings is 1. The summed E-state index contributed by atoms with van der Waals surface area (Å²) in [7, 11) is 0. The molecule has 0 aliphatic heterocycles. The zero-order valence-electron chi connectivity index (χ0n) is 8.98. The van der Waals surface area contributed by atoms with Gasteiger partial charge in [0.05, 0.1) is 22.5 Å².